The van der Waals surface area contributed by atoms with Gasteiger partial charge in [-0.2, -0.15) is 0 Å². The summed E-state index contributed by atoms with van der Waals surface area (Å²) in [5.41, 5.74) is 1.81. The molecule has 1 N–H and O–H groups in total. The maximum absolute atomic E-state index is 4.39. The highest BCUT2D eigenvalue weighted by molar-refractivity contribution is 5.12. The number of aromatic nitrogens is 2. The van der Waals surface area contributed by atoms with E-state index >= 15 is 0 Å². The first kappa shape index (κ1) is 10.3. The Morgan fingerprint density at radius 1 is 1.50 bits per heavy atom. The number of rotatable bonds is 3. The fraction of sp³-hybridized carbons (Fsp3) is 0.769. The molecule has 16 heavy (non-hydrogen) atoms. The summed E-state index contributed by atoms with van der Waals surface area (Å²) in [6.07, 6.45) is 12.0. The van der Waals surface area contributed by atoms with Crippen molar-refractivity contribution in [3.05, 3.63) is 18.2 Å². The molecule has 2 aliphatic rings. The molecule has 1 aliphatic carbocycles. The van der Waals surface area contributed by atoms with Crippen molar-refractivity contribution in [3.63, 3.8) is 0 Å². The third-order valence-electron chi connectivity index (χ3n) is 4.54. The van der Waals surface area contributed by atoms with Gasteiger partial charge in [-0.25, -0.2) is 4.98 Å². The molecule has 3 nitrogen and oxygen atoms in total. The van der Waals surface area contributed by atoms with E-state index in [1.54, 1.807) is 0 Å². The van der Waals surface area contributed by atoms with Gasteiger partial charge in [0.05, 0.1) is 12.0 Å². The lowest BCUT2D eigenvalue weighted by molar-refractivity contribution is 0.130. The Hall–Kier alpha value is -0.830. The quantitative estimate of drug-likeness (QED) is 0.847. The van der Waals surface area contributed by atoms with Gasteiger partial charge in [-0.1, -0.05) is 6.92 Å². The first-order valence-electron chi connectivity index (χ1n) is 6.62. The predicted octanol–water partition coefficient (Wildman–Crippen LogP) is 2.60. The van der Waals surface area contributed by atoms with E-state index < -0.39 is 0 Å². The van der Waals surface area contributed by atoms with Crippen molar-refractivity contribution < 1.29 is 0 Å². The Balaban J connectivity index is 1.92. The minimum absolute atomic E-state index is 0.399. The molecule has 0 radical (unpaired) electrons. The van der Waals surface area contributed by atoms with Crippen molar-refractivity contribution in [2.45, 2.75) is 57.0 Å². The molecule has 1 aliphatic heterocycles. The molecule has 88 valence electrons. The lowest BCUT2D eigenvalue weighted by Crippen LogP contribution is -2.41. The molecule has 1 atom stereocenters. The van der Waals surface area contributed by atoms with Gasteiger partial charge in [0, 0.05) is 17.8 Å². The van der Waals surface area contributed by atoms with Crippen molar-refractivity contribution in [3.8, 4) is 0 Å². The molecule has 0 aromatic carbocycles. The van der Waals surface area contributed by atoms with E-state index in [0.717, 1.165) is 6.54 Å². The Labute approximate surface area is 97.3 Å². The summed E-state index contributed by atoms with van der Waals surface area (Å²) in [6, 6.07) is 0.548. The third-order valence-corrected chi connectivity index (χ3v) is 4.54. The van der Waals surface area contributed by atoms with Crippen LogP contribution < -0.4 is 5.32 Å². The van der Waals surface area contributed by atoms with Gasteiger partial charge >= 0.3 is 0 Å². The van der Waals surface area contributed by atoms with E-state index in [9.17, 15) is 0 Å². The van der Waals surface area contributed by atoms with Gasteiger partial charge in [-0.3, -0.25) is 0 Å². The Morgan fingerprint density at radius 2 is 2.38 bits per heavy atom. The summed E-state index contributed by atoms with van der Waals surface area (Å²) in [4.78, 5) is 4.39. The predicted molar refractivity (Wildman–Crippen MR) is 64.3 cm³/mol. The zero-order valence-corrected chi connectivity index (χ0v) is 10.1. The molecule has 2 fully saturated rings. The molecule has 1 saturated carbocycles. The van der Waals surface area contributed by atoms with Crippen molar-refractivity contribution >= 4 is 0 Å². The summed E-state index contributed by atoms with van der Waals surface area (Å²) in [7, 11) is 0. The maximum Gasteiger partial charge on any atom is 0.0953 e. The number of hydrogen-bond donors (Lipinski definition) is 1. The molecule has 0 spiro atoms. The van der Waals surface area contributed by atoms with Crippen LogP contribution in [-0.2, 0) is 5.54 Å². The first-order valence-corrected chi connectivity index (χ1v) is 6.62. The highest BCUT2D eigenvalue weighted by Gasteiger charge is 2.39. The van der Waals surface area contributed by atoms with Crippen LogP contribution in [0, 0.1) is 0 Å². The SMILES string of the molecule is CCC1(n2cncc2[C@@H]2CCCN2)CCC1. The molecule has 0 amide bonds. The van der Waals surface area contributed by atoms with Crippen LogP contribution in [0.2, 0.25) is 0 Å². The fourth-order valence-electron chi connectivity index (χ4n) is 3.25. The van der Waals surface area contributed by atoms with Crippen molar-refractivity contribution in [1.82, 2.24) is 14.9 Å². The molecule has 1 aromatic heterocycles. The topological polar surface area (TPSA) is 29.9 Å². The Kier molecular flexibility index (Phi) is 2.51. The molecule has 1 saturated heterocycles. The van der Waals surface area contributed by atoms with Crippen molar-refractivity contribution in [2.24, 2.45) is 0 Å². The van der Waals surface area contributed by atoms with Crippen LogP contribution in [0.15, 0.2) is 12.5 Å². The third kappa shape index (κ3) is 1.41. The van der Waals surface area contributed by atoms with Gasteiger partial charge in [0.2, 0.25) is 0 Å². The summed E-state index contributed by atoms with van der Waals surface area (Å²) in [5.74, 6) is 0. The molecular formula is C13H21N3. The number of hydrogen-bond acceptors (Lipinski definition) is 2. The lowest BCUT2D eigenvalue weighted by atomic mass is 9.74. The molecule has 0 bridgehead atoms. The highest BCUT2D eigenvalue weighted by Crippen LogP contribution is 2.43. The molecule has 3 rings (SSSR count). The summed E-state index contributed by atoms with van der Waals surface area (Å²) < 4.78 is 2.47. The number of nitrogens with zero attached hydrogens (tertiary/aromatic N) is 2. The van der Waals surface area contributed by atoms with Crippen LogP contribution in [0.1, 0.15) is 57.2 Å². The van der Waals surface area contributed by atoms with Crippen LogP contribution in [0.4, 0.5) is 0 Å². The highest BCUT2D eigenvalue weighted by atomic mass is 15.2. The summed E-state index contributed by atoms with van der Waals surface area (Å²) >= 11 is 0. The smallest absolute Gasteiger partial charge is 0.0953 e. The normalized spacial score (nSPS) is 27.9. The van der Waals surface area contributed by atoms with Crippen LogP contribution in [-0.4, -0.2) is 16.1 Å². The number of imidazole rings is 1. The van der Waals surface area contributed by atoms with Crippen LogP contribution in [0.5, 0.6) is 0 Å². The first-order chi connectivity index (χ1) is 7.86. The molecule has 2 heterocycles. The van der Waals surface area contributed by atoms with Gasteiger partial charge in [-0.05, 0) is 45.1 Å². The van der Waals surface area contributed by atoms with Gasteiger partial charge in [0.15, 0.2) is 0 Å². The minimum Gasteiger partial charge on any atom is -0.327 e. The van der Waals surface area contributed by atoms with Crippen LogP contribution in [0.25, 0.3) is 0 Å². The maximum atomic E-state index is 4.39. The Bertz CT molecular complexity index is 353. The van der Waals surface area contributed by atoms with E-state index in [0.29, 0.717) is 11.6 Å². The molecule has 0 unspecified atom stereocenters. The average molecular weight is 219 g/mol. The summed E-state index contributed by atoms with van der Waals surface area (Å²) in [5, 5.41) is 3.58. The standard InChI is InChI=1S/C13H21N3/c1-2-13(6-4-7-13)16-10-14-9-12(16)11-5-3-8-15-11/h9-11,15H,2-8H2,1H3/t11-/m0/s1. The Morgan fingerprint density at radius 3 is 2.94 bits per heavy atom. The minimum atomic E-state index is 0.399. The van der Waals surface area contributed by atoms with E-state index in [4.69, 9.17) is 0 Å². The van der Waals surface area contributed by atoms with Crippen LogP contribution >= 0.6 is 0 Å². The number of nitrogens with one attached hydrogen (secondary N) is 1. The largest absolute Gasteiger partial charge is 0.327 e. The van der Waals surface area contributed by atoms with E-state index in [1.807, 2.05) is 0 Å². The van der Waals surface area contributed by atoms with Gasteiger partial charge in [-0.15, -0.1) is 0 Å². The fourth-order valence-corrected chi connectivity index (χ4v) is 3.25. The molecule has 1 aromatic rings. The van der Waals surface area contributed by atoms with Crippen molar-refractivity contribution in [1.29, 1.82) is 0 Å². The summed E-state index contributed by atoms with van der Waals surface area (Å²) in [6.45, 7) is 3.47. The van der Waals surface area contributed by atoms with E-state index in [1.165, 1.54) is 44.2 Å². The monoisotopic (exact) mass is 219 g/mol. The van der Waals surface area contributed by atoms with Gasteiger partial charge < -0.3 is 9.88 Å². The van der Waals surface area contributed by atoms with Crippen LogP contribution in [0.3, 0.4) is 0 Å². The van der Waals surface area contributed by atoms with Crippen molar-refractivity contribution in [2.75, 3.05) is 6.54 Å². The second-order valence-corrected chi connectivity index (χ2v) is 5.27. The zero-order chi connectivity index (χ0) is 11.0. The van der Waals surface area contributed by atoms with E-state index in [2.05, 4.69) is 34.3 Å². The molecular weight excluding hydrogens is 198 g/mol. The second kappa shape index (κ2) is 3.88. The molecule has 3 heteroatoms. The average Bonchev–Trinajstić information content (AvgIpc) is 2.85. The zero-order valence-electron chi connectivity index (χ0n) is 10.1. The lowest BCUT2D eigenvalue weighted by Gasteiger charge is -2.44. The second-order valence-electron chi connectivity index (χ2n) is 5.27. The van der Waals surface area contributed by atoms with E-state index in [-0.39, 0.29) is 0 Å². The van der Waals surface area contributed by atoms with Gasteiger partial charge in [0.25, 0.3) is 0 Å². The van der Waals surface area contributed by atoms with Gasteiger partial charge in [0.1, 0.15) is 0 Å².